The van der Waals surface area contributed by atoms with Crippen molar-refractivity contribution in [2.75, 3.05) is 33.0 Å². The Morgan fingerprint density at radius 1 is 0.690 bits per heavy atom. The Balaban J connectivity index is 2.94. The fraction of sp³-hybridized carbons (Fsp3) is 0.917. The van der Waals surface area contributed by atoms with Crippen LogP contribution >= 0.6 is 0 Å². The molecule has 0 N–H and O–H groups in total. The molecule has 5 nitrogen and oxygen atoms in total. The number of terminal acetylenes is 1. The van der Waals surface area contributed by atoms with Crippen LogP contribution in [0, 0.1) is 12.3 Å². The minimum atomic E-state index is -0.454. The largest absolute Gasteiger partial charge is 0.379 e. The SMILES string of the molecule is C#C[C@H]1O[C@H](COCCCC)[C@@H](OCCCC)[C@H](OCCCC)[C@@H]1OCCCC. The van der Waals surface area contributed by atoms with E-state index in [0.717, 1.165) is 58.0 Å². The van der Waals surface area contributed by atoms with Crippen molar-refractivity contribution in [3.05, 3.63) is 0 Å². The number of ether oxygens (including phenoxy) is 5. The van der Waals surface area contributed by atoms with Crippen LogP contribution in [0.1, 0.15) is 79.1 Å². The van der Waals surface area contributed by atoms with Gasteiger partial charge in [0.25, 0.3) is 0 Å². The van der Waals surface area contributed by atoms with Crippen molar-refractivity contribution in [2.24, 2.45) is 0 Å². The molecule has 1 rings (SSSR count). The Morgan fingerprint density at radius 2 is 1.17 bits per heavy atom. The van der Waals surface area contributed by atoms with E-state index >= 15 is 0 Å². The van der Waals surface area contributed by atoms with Crippen LogP contribution in [0.2, 0.25) is 0 Å². The molecule has 0 aromatic heterocycles. The normalized spacial score (nSPS) is 27.1. The molecule has 5 heteroatoms. The molecule has 1 saturated heterocycles. The van der Waals surface area contributed by atoms with Crippen molar-refractivity contribution in [2.45, 2.75) is 110 Å². The van der Waals surface area contributed by atoms with E-state index in [1.165, 1.54) is 0 Å². The lowest BCUT2D eigenvalue weighted by Gasteiger charge is -2.44. The number of rotatable bonds is 17. The molecule has 1 aliphatic rings. The zero-order valence-electron chi connectivity index (χ0n) is 19.2. The lowest BCUT2D eigenvalue weighted by molar-refractivity contribution is -0.254. The van der Waals surface area contributed by atoms with Gasteiger partial charge in [0.1, 0.15) is 30.5 Å². The van der Waals surface area contributed by atoms with E-state index in [0.29, 0.717) is 26.4 Å². The van der Waals surface area contributed by atoms with E-state index in [1.54, 1.807) is 0 Å². The minimum Gasteiger partial charge on any atom is -0.379 e. The first-order valence-corrected chi connectivity index (χ1v) is 11.8. The molecule has 0 aromatic rings. The Bertz CT molecular complexity index is 422. The minimum absolute atomic E-state index is 0.240. The first-order valence-electron chi connectivity index (χ1n) is 11.8. The second-order valence-electron chi connectivity index (χ2n) is 7.76. The van der Waals surface area contributed by atoms with Crippen LogP contribution in [-0.2, 0) is 23.7 Å². The third-order valence-corrected chi connectivity index (χ3v) is 5.15. The molecular weight excluding hydrogens is 368 g/mol. The lowest BCUT2D eigenvalue weighted by atomic mass is 9.94. The van der Waals surface area contributed by atoms with Crippen molar-refractivity contribution in [3.8, 4) is 12.3 Å². The van der Waals surface area contributed by atoms with Gasteiger partial charge in [-0.15, -0.1) is 6.42 Å². The molecular formula is C24H44O5. The predicted molar refractivity (Wildman–Crippen MR) is 117 cm³/mol. The third-order valence-electron chi connectivity index (χ3n) is 5.15. The van der Waals surface area contributed by atoms with E-state index in [2.05, 4.69) is 33.6 Å². The maximum absolute atomic E-state index is 6.32. The molecule has 0 amide bonds. The van der Waals surface area contributed by atoms with Crippen molar-refractivity contribution in [1.82, 2.24) is 0 Å². The molecule has 0 radical (unpaired) electrons. The Labute approximate surface area is 179 Å². The number of hydrogen-bond acceptors (Lipinski definition) is 5. The van der Waals surface area contributed by atoms with Gasteiger partial charge in [0.15, 0.2) is 0 Å². The summed E-state index contributed by atoms with van der Waals surface area (Å²) in [6.07, 6.45) is 12.7. The van der Waals surface area contributed by atoms with Gasteiger partial charge in [-0.05, 0) is 25.7 Å². The van der Waals surface area contributed by atoms with Gasteiger partial charge < -0.3 is 23.7 Å². The molecule has 29 heavy (non-hydrogen) atoms. The summed E-state index contributed by atoms with van der Waals surface area (Å²) in [4.78, 5) is 0. The monoisotopic (exact) mass is 412 g/mol. The Morgan fingerprint density at radius 3 is 1.69 bits per heavy atom. The van der Waals surface area contributed by atoms with E-state index < -0.39 is 6.10 Å². The van der Waals surface area contributed by atoms with Crippen LogP contribution in [0.3, 0.4) is 0 Å². The molecule has 1 fully saturated rings. The lowest BCUT2D eigenvalue weighted by Crippen LogP contribution is -2.61. The maximum Gasteiger partial charge on any atom is 0.147 e. The summed E-state index contributed by atoms with van der Waals surface area (Å²) in [6, 6.07) is 0. The number of unbranched alkanes of at least 4 members (excludes halogenated alkanes) is 4. The van der Waals surface area contributed by atoms with Gasteiger partial charge in [-0.3, -0.25) is 0 Å². The third kappa shape index (κ3) is 9.81. The highest BCUT2D eigenvalue weighted by Crippen LogP contribution is 2.29. The van der Waals surface area contributed by atoms with Gasteiger partial charge in [-0.2, -0.15) is 0 Å². The highest BCUT2D eigenvalue weighted by Gasteiger charge is 2.47. The van der Waals surface area contributed by atoms with Crippen LogP contribution in [-0.4, -0.2) is 63.6 Å². The molecule has 0 bridgehead atoms. The van der Waals surface area contributed by atoms with Crippen LogP contribution in [0.25, 0.3) is 0 Å². The summed E-state index contributed by atoms with van der Waals surface area (Å²) in [5.74, 6) is 2.78. The second kappa shape index (κ2) is 17.1. The summed E-state index contributed by atoms with van der Waals surface area (Å²) >= 11 is 0. The zero-order valence-corrected chi connectivity index (χ0v) is 19.2. The molecule has 0 saturated carbocycles. The van der Waals surface area contributed by atoms with Gasteiger partial charge >= 0.3 is 0 Å². The van der Waals surface area contributed by atoms with Gasteiger partial charge in [-0.25, -0.2) is 0 Å². The first-order chi connectivity index (χ1) is 14.2. The second-order valence-corrected chi connectivity index (χ2v) is 7.76. The molecule has 0 aliphatic carbocycles. The Hall–Kier alpha value is -0.640. The van der Waals surface area contributed by atoms with Gasteiger partial charge in [0.05, 0.1) is 6.61 Å². The highest BCUT2D eigenvalue weighted by molar-refractivity contribution is 5.08. The van der Waals surface area contributed by atoms with Crippen molar-refractivity contribution >= 4 is 0 Å². The summed E-state index contributed by atoms with van der Waals surface area (Å²) < 4.78 is 30.9. The molecule has 170 valence electrons. The summed E-state index contributed by atoms with van der Waals surface area (Å²) in [7, 11) is 0. The quantitative estimate of drug-likeness (QED) is 0.255. The fourth-order valence-corrected chi connectivity index (χ4v) is 3.29. The van der Waals surface area contributed by atoms with Crippen LogP contribution in [0.5, 0.6) is 0 Å². The van der Waals surface area contributed by atoms with Crippen molar-refractivity contribution in [1.29, 1.82) is 0 Å². The standard InChI is InChI=1S/C24H44O5/c1-6-11-15-25-19-21-23(27-17-13-8-3)24(28-18-14-9-4)22(20(10-5)29-21)26-16-12-7-2/h5,20-24H,6-9,11-19H2,1-4H3/t20-,21-,22-,23-,24-/m1/s1. The molecule has 1 aliphatic heterocycles. The maximum atomic E-state index is 6.32. The fourth-order valence-electron chi connectivity index (χ4n) is 3.29. The van der Waals surface area contributed by atoms with Crippen LogP contribution in [0.15, 0.2) is 0 Å². The zero-order chi connectivity index (χ0) is 21.3. The number of hydrogen-bond donors (Lipinski definition) is 0. The van der Waals surface area contributed by atoms with E-state index in [1.807, 2.05) is 0 Å². The Kier molecular flexibility index (Phi) is 15.5. The van der Waals surface area contributed by atoms with Crippen molar-refractivity contribution in [3.63, 3.8) is 0 Å². The average molecular weight is 413 g/mol. The van der Waals surface area contributed by atoms with E-state index in [9.17, 15) is 0 Å². The van der Waals surface area contributed by atoms with Gasteiger partial charge in [-0.1, -0.05) is 59.3 Å². The molecule has 1 heterocycles. The summed E-state index contributed by atoms with van der Waals surface area (Å²) in [5, 5.41) is 0. The van der Waals surface area contributed by atoms with Crippen LogP contribution < -0.4 is 0 Å². The average Bonchev–Trinajstić information content (AvgIpc) is 2.73. The topological polar surface area (TPSA) is 46.2 Å². The smallest absolute Gasteiger partial charge is 0.147 e. The van der Waals surface area contributed by atoms with E-state index in [-0.39, 0.29) is 24.4 Å². The molecule has 0 spiro atoms. The molecule has 0 aromatic carbocycles. The van der Waals surface area contributed by atoms with Crippen LogP contribution in [0.4, 0.5) is 0 Å². The molecule has 0 unspecified atom stereocenters. The van der Waals surface area contributed by atoms with E-state index in [4.69, 9.17) is 30.1 Å². The first kappa shape index (κ1) is 26.4. The van der Waals surface area contributed by atoms with Crippen molar-refractivity contribution < 1.29 is 23.7 Å². The van der Waals surface area contributed by atoms with Gasteiger partial charge in [0.2, 0.25) is 0 Å². The molecule has 5 atom stereocenters. The highest BCUT2D eigenvalue weighted by atomic mass is 16.6. The summed E-state index contributed by atoms with van der Waals surface area (Å²) in [6.45, 7) is 11.8. The summed E-state index contributed by atoms with van der Waals surface area (Å²) in [5.41, 5.74) is 0. The van der Waals surface area contributed by atoms with Gasteiger partial charge in [0, 0.05) is 26.4 Å². The predicted octanol–water partition coefficient (Wildman–Crippen LogP) is 4.76.